The minimum Gasteiger partial charge on any atom is -0.504 e. The van der Waals surface area contributed by atoms with Gasteiger partial charge in [-0.05, 0) is 56.0 Å². The number of aldehydes is 1. The van der Waals surface area contributed by atoms with Crippen LogP contribution in [0.2, 0.25) is 10.0 Å². The summed E-state index contributed by atoms with van der Waals surface area (Å²) in [5.41, 5.74) is 2.63. The van der Waals surface area contributed by atoms with Gasteiger partial charge in [-0.15, -0.1) is 0 Å². The first kappa shape index (κ1) is 27.1. The van der Waals surface area contributed by atoms with Gasteiger partial charge in [0, 0.05) is 29.4 Å². The average Bonchev–Trinajstić information content (AvgIpc) is 3.85. The summed E-state index contributed by atoms with van der Waals surface area (Å²) in [6.07, 6.45) is 8.36. The Morgan fingerprint density at radius 3 is 1.97 bits per heavy atom. The molecule has 2 saturated carbocycles. The highest BCUT2D eigenvalue weighted by atomic mass is 35.5. The summed E-state index contributed by atoms with van der Waals surface area (Å²) in [6, 6.07) is 9.00. The second-order valence-electron chi connectivity index (χ2n) is 9.33. The molecule has 2 aromatic heterocycles. The Morgan fingerprint density at radius 1 is 0.897 bits per heavy atom. The molecule has 6 rings (SSSR count). The third kappa shape index (κ3) is 5.77. The van der Waals surface area contributed by atoms with Crippen molar-refractivity contribution >= 4 is 35.6 Å². The monoisotopic (exact) mass is 572 g/mol. The predicted octanol–water partition coefficient (Wildman–Crippen LogP) is 8.38. The number of carbonyl (C=O) groups excluding carboxylic acids is 1. The lowest BCUT2D eigenvalue weighted by atomic mass is 10.0. The van der Waals surface area contributed by atoms with Gasteiger partial charge in [-0.25, -0.2) is 8.78 Å². The van der Waals surface area contributed by atoms with E-state index >= 15 is 0 Å². The van der Waals surface area contributed by atoms with Crippen molar-refractivity contribution in [2.75, 3.05) is 7.11 Å². The van der Waals surface area contributed by atoms with Crippen LogP contribution in [0.5, 0.6) is 0 Å². The van der Waals surface area contributed by atoms with Gasteiger partial charge < -0.3 is 18.6 Å². The number of halogens is 4. The van der Waals surface area contributed by atoms with Crippen molar-refractivity contribution in [1.82, 2.24) is 10.3 Å². The minimum absolute atomic E-state index is 0.162. The number of ether oxygens (including phenoxy) is 1. The molecule has 2 aromatic carbocycles. The molecule has 0 aliphatic heterocycles. The van der Waals surface area contributed by atoms with Crippen LogP contribution in [0.15, 0.2) is 51.7 Å². The van der Waals surface area contributed by atoms with Gasteiger partial charge >= 0.3 is 0 Å². The van der Waals surface area contributed by atoms with E-state index in [-0.39, 0.29) is 22.6 Å². The van der Waals surface area contributed by atoms with E-state index in [4.69, 9.17) is 37.0 Å². The van der Waals surface area contributed by atoms with Crippen molar-refractivity contribution in [3.05, 3.63) is 87.0 Å². The second-order valence-corrected chi connectivity index (χ2v) is 10.1. The first-order valence-corrected chi connectivity index (χ1v) is 13.2. The van der Waals surface area contributed by atoms with Crippen molar-refractivity contribution < 1.29 is 27.4 Å². The molecule has 0 radical (unpaired) electrons. The standard InChI is InChI=1S/C15H13ClFNO2.C14H11ClFNO2/c1-19-8-7-10-14(18-20-15(10)9-5-6-9)13-11(16)3-2-4-12(13)17;15-10-2-1-3-11(16)12(10)13-9(6-7-18)14(19-17-13)8-4-5-8/h2-4,7-9H,5-6H2,1H3;1-3,7-8H,4-6H2/b8-7+;. The molecule has 0 unspecified atom stereocenters. The normalized spacial score (nSPS) is 14.8. The third-order valence-electron chi connectivity index (χ3n) is 6.53. The summed E-state index contributed by atoms with van der Waals surface area (Å²) in [6.45, 7) is 0. The first-order valence-electron chi connectivity index (χ1n) is 12.4. The lowest BCUT2D eigenvalue weighted by molar-refractivity contribution is -0.107. The molecule has 39 heavy (non-hydrogen) atoms. The largest absolute Gasteiger partial charge is 0.504 e. The maximum atomic E-state index is 14.0. The van der Waals surface area contributed by atoms with E-state index in [1.807, 2.05) is 0 Å². The van der Waals surface area contributed by atoms with Gasteiger partial charge in [-0.1, -0.05) is 45.6 Å². The summed E-state index contributed by atoms with van der Waals surface area (Å²) in [7, 11) is 1.55. The molecule has 0 saturated heterocycles. The fourth-order valence-electron chi connectivity index (χ4n) is 4.34. The predicted molar refractivity (Wildman–Crippen MR) is 144 cm³/mol. The molecule has 0 atom stereocenters. The van der Waals surface area contributed by atoms with E-state index in [9.17, 15) is 13.6 Å². The molecule has 0 amide bonds. The van der Waals surface area contributed by atoms with E-state index in [0.717, 1.165) is 43.3 Å². The molecule has 2 fully saturated rings. The molecular formula is C29H24Cl2F2N2O4. The van der Waals surface area contributed by atoms with Crippen LogP contribution in [0.3, 0.4) is 0 Å². The number of hydrogen-bond donors (Lipinski definition) is 0. The lowest BCUT2D eigenvalue weighted by Crippen LogP contribution is -1.95. The molecule has 10 heteroatoms. The Balaban J connectivity index is 0.000000158. The molecule has 2 aliphatic carbocycles. The summed E-state index contributed by atoms with van der Waals surface area (Å²) in [4.78, 5) is 10.8. The van der Waals surface area contributed by atoms with Crippen molar-refractivity contribution in [2.45, 2.75) is 43.9 Å². The van der Waals surface area contributed by atoms with Crippen molar-refractivity contribution in [1.29, 1.82) is 0 Å². The number of hydrogen-bond acceptors (Lipinski definition) is 6. The number of aromatic nitrogens is 2. The maximum absolute atomic E-state index is 14.0. The van der Waals surface area contributed by atoms with Crippen LogP contribution in [-0.2, 0) is 16.0 Å². The Hall–Kier alpha value is -3.49. The summed E-state index contributed by atoms with van der Waals surface area (Å²) in [5.74, 6) is 1.25. The van der Waals surface area contributed by atoms with Gasteiger partial charge in [0.2, 0.25) is 0 Å². The highest BCUT2D eigenvalue weighted by Crippen LogP contribution is 2.46. The van der Waals surface area contributed by atoms with Crippen molar-refractivity contribution in [3.63, 3.8) is 0 Å². The smallest absolute Gasteiger partial charge is 0.147 e. The SMILES string of the molecule is CO/C=C/c1c(-c2c(F)cccc2Cl)noc1C1CC1.O=CCc1c(-c2c(F)cccc2Cl)noc1C1CC1. The Morgan fingerprint density at radius 2 is 1.44 bits per heavy atom. The van der Waals surface area contributed by atoms with Gasteiger partial charge in [0.1, 0.15) is 40.8 Å². The first-order chi connectivity index (χ1) is 18.9. The number of rotatable bonds is 8. The molecule has 0 bridgehead atoms. The topological polar surface area (TPSA) is 78.4 Å². The quantitative estimate of drug-likeness (QED) is 0.156. The van der Waals surface area contributed by atoms with Crippen molar-refractivity contribution in [2.24, 2.45) is 0 Å². The Labute approximate surface area is 233 Å². The Bertz CT molecular complexity index is 1480. The van der Waals surface area contributed by atoms with E-state index in [1.165, 1.54) is 24.5 Å². The van der Waals surface area contributed by atoms with Crippen LogP contribution < -0.4 is 0 Å². The zero-order valence-corrected chi connectivity index (χ0v) is 22.4. The molecule has 2 heterocycles. The molecule has 4 aromatic rings. The molecular weight excluding hydrogens is 549 g/mol. The van der Waals surface area contributed by atoms with Gasteiger partial charge in [-0.2, -0.15) is 0 Å². The van der Waals surface area contributed by atoms with Crippen LogP contribution >= 0.6 is 23.2 Å². The molecule has 0 N–H and O–H groups in total. The van der Waals surface area contributed by atoms with Gasteiger partial charge in [0.25, 0.3) is 0 Å². The minimum atomic E-state index is -0.463. The maximum Gasteiger partial charge on any atom is 0.147 e. The van der Waals surface area contributed by atoms with Gasteiger partial charge in [0.15, 0.2) is 0 Å². The third-order valence-corrected chi connectivity index (χ3v) is 7.16. The van der Waals surface area contributed by atoms with E-state index in [0.29, 0.717) is 39.6 Å². The fourth-order valence-corrected chi connectivity index (χ4v) is 4.85. The van der Waals surface area contributed by atoms with Crippen LogP contribution in [0, 0.1) is 11.6 Å². The van der Waals surface area contributed by atoms with E-state index < -0.39 is 11.6 Å². The van der Waals surface area contributed by atoms with Gasteiger partial charge in [0.05, 0.1) is 34.5 Å². The molecule has 2 aliphatic rings. The van der Waals surface area contributed by atoms with Crippen LogP contribution in [0.25, 0.3) is 28.6 Å². The number of benzene rings is 2. The highest BCUT2D eigenvalue weighted by molar-refractivity contribution is 6.33. The zero-order valence-electron chi connectivity index (χ0n) is 20.9. The van der Waals surface area contributed by atoms with Crippen LogP contribution in [0.4, 0.5) is 8.78 Å². The molecule has 6 nitrogen and oxygen atoms in total. The lowest BCUT2D eigenvalue weighted by Gasteiger charge is -2.04. The average molecular weight is 573 g/mol. The van der Waals surface area contributed by atoms with Gasteiger partial charge in [-0.3, -0.25) is 0 Å². The zero-order chi connectivity index (χ0) is 27.5. The van der Waals surface area contributed by atoms with E-state index in [1.54, 1.807) is 31.4 Å². The highest BCUT2D eigenvalue weighted by Gasteiger charge is 2.34. The number of nitrogens with zero attached hydrogens (tertiary/aromatic N) is 2. The molecule has 202 valence electrons. The van der Waals surface area contributed by atoms with Crippen molar-refractivity contribution in [3.8, 4) is 22.5 Å². The summed E-state index contributed by atoms with van der Waals surface area (Å²) >= 11 is 12.1. The molecule has 0 spiro atoms. The van der Waals surface area contributed by atoms with Crippen LogP contribution in [0.1, 0.15) is 60.2 Å². The summed E-state index contributed by atoms with van der Waals surface area (Å²) < 4.78 is 43.6. The summed E-state index contributed by atoms with van der Waals surface area (Å²) in [5, 5.41) is 8.52. The Kier molecular flexibility index (Phi) is 8.14. The van der Waals surface area contributed by atoms with Crippen LogP contribution in [-0.4, -0.2) is 23.7 Å². The van der Waals surface area contributed by atoms with E-state index in [2.05, 4.69) is 10.3 Å². The number of methoxy groups -OCH3 is 1. The number of carbonyl (C=O) groups is 1. The fraction of sp³-hybridized carbons (Fsp3) is 0.276. The second kappa shape index (κ2) is 11.7.